The number of halogens is 1. The van der Waals surface area contributed by atoms with Crippen LogP contribution >= 0.6 is 11.6 Å². The summed E-state index contributed by atoms with van der Waals surface area (Å²) in [6.45, 7) is 8.13. The predicted molar refractivity (Wildman–Crippen MR) is 164 cm³/mol. The van der Waals surface area contributed by atoms with Gasteiger partial charge in [-0.25, -0.2) is 0 Å². The summed E-state index contributed by atoms with van der Waals surface area (Å²) < 4.78 is 8.09. The Hall–Kier alpha value is -3.63. The number of benzene rings is 3. The fourth-order valence-corrected chi connectivity index (χ4v) is 6.76. The Morgan fingerprint density at radius 1 is 0.952 bits per heavy atom. The molecule has 3 heterocycles. The molecular weight excluding hydrogens is 556 g/mol. The number of aryl methyl sites for hydroxylation is 1. The van der Waals surface area contributed by atoms with Gasteiger partial charge in [0.2, 0.25) is 0 Å². The minimum Gasteiger partial charge on any atom is -0.504 e. The van der Waals surface area contributed by atoms with Crippen LogP contribution in [0, 0.1) is 0 Å². The first-order valence-corrected chi connectivity index (χ1v) is 14.8. The molecule has 1 aromatic heterocycles. The zero-order chi connectivity index (χ0) is 29.5. The number of aliphatic hydroxyl groups is 1. The lowest BCUT2D eigenvalue weighted by molar-refractivity contribution is 0.0880. The number of nitrogens with one attached hydrogen (secondary N) is 2. The fraction of sp³-hybridized carbons (Fsp3) is 0.375. The highest BCUT2D eigenvalue weighted by Gasteiger charge is 2.35. The van der Waals surface area contributed by atoms with Gasteiger partial charge in [0.1, 0.15) is 0 Å². The molecule has 0 spiro atoms. The zero-order valence-electron chi connectivity index (χ0n) is 23.7. The summed E-state index contributed by atoms with van der Waals surface area (Å²) in [4.78, 5) is 28.7. The number of piperazine rings is 1. The standard InChI is InChI=1S/C32H35ClN4O5/c1-18-16-36(17-19(2)34-18)9-6-12-42-27-15-24-22(14-26(27)39)28-25(37(24)10-5-11-38)13-21(20-7-3-4-8-23(20)33)29-30(28)32(41)35-31(29)40/h3-4,7-8,13-15,18-19,34,38-39H,5-6,9-12,16-17H2,1-2H3,(H,35,40,41). The second-order valence-electron chi connectivity index (χ2n) is 11.3. The van der Waals surface area contributed by atoms with Crippen molar-refractivity contribution in [1.29, 1.82) is 0 Å². The number of aromatic nitrogens is 1. The van der Waals surface area contributed by atoms with Crippen LogP contribution in [0.15, 0.2) is 42.5 Å². The Labute approximate surface area is 249 Å². The van der Waals surface area contributed by atoms with Crippen molar-refractivity contribution in [3.05, 3.63) is 58.6 Å². The molecule has 4 N–H and O–H groups in total. The van der Waals surface area contributed by atoms with Crippen LogP contribution in [0.5, 0.6) is 11.5 Å². The van der Waals surface area contributed by atoms with E-state index < -0.39 is 11.8 Å². The summed E-state index contributed by atoms with van der Waals surface area (Å²) in [7, 11) is 0. The summed E-state index contributed by atoms with van der Waals surface area (Å²) in [6, 6.07) is 13.4. The van der Waals surface area contributed by atoms with Gasteiger partial charge in [0.05, 0.1) is 28.8 Å². The molecule has 3 aromatic carbocycles. The van der Waals surface area contributed by atoms with E-state index >= 15 is 0 Å². The third-order valence-corrected chi connectivity index (χ3v) is 8.46. The largest absolute Gasteiger partial charge is 0.504 e. The van der Waals surface area contributed by atoms with Gasteiger partial charge in [-0.05, 0) is 50.5 Å². The van der Waals surface area contributed by atoms with Crippen molar-refractivity contribution >= 4 is 45.2 Å². The van der Waals surface area contributed by atoms with Gasteiger partial charge in [0.15, 0.2) is 11.5 Å². The average molecular weight is 591 g/mol. The normalized spacial score (nSPS) is 19.0. The second kappa shape index (κ2) is 11.6. The number of phenolic OH excluding ortho intramolecular Hbond substituents is 1. The number of aromatic hydroxyl groups is 1. The van der Waals surface area contributed by atoms with Crippen molar-refractivity contribution in [3.63, 3.8) is 0 Å². The Bertz CT molecular complexity index is 1690. The first-order valence-electron chi connectivity index (χ1n) is 14.4. The van der Waals surface area contributed by atoms with Crippen molar-refractivity contribution in [1.82, 2.24) is 20.1 Å². The third-order valence-electron chi connectivity index (χ3n) is 8.13. The van der Waals surface area contributed by atoms with E-state index in [1.807, 2.05) is 28.8 Å². The Balaban J connectivity index is 1.42. The number of fused-ring (bicyclic) bond motifs is 5. The topological polar surface area (TPSA) is 116 Å². The van der Waals surface area contributed by atoms with Gasteiger partial charge < -0.3 is 29.7 Å². The third kappa shape index (κ3) is 5.11. The molecule has 0 radical (unpaired) electrons. The van der Waals surface area contributed by atoms with Crippen molar-refractivity contribution in [2.75, 3.05) is 32.8 Å². The first kappa shape index (κ1) is 28.5. The Kier molecular flexibility index (Phi) is 7.85. The monoisotopic (exact) mass is 590 g/mol. The lowest BCUT2D eigenvalue weighted by Gasteiger charge is -2.36. The molecule has 2 unspecified atom stereocenters. The number of carbonyl (C=O) groups is 2. The van der Waals surface area contributed by atoms with E-state index in [1.165, 1.54) is 0 Å². The number of aliphatic hydroxyl groups excluding tert-OH is 1. The molecule has 42 heavy (non-hydrogen) atoms. The van der Waals surface area contributed by atoms with E-state index in [0.717, 1.165) is 31.6 Å². The first-order chi connectivity index (χ1) is 20.3. The Morgan fingerprint density at radius 2 is 1.69 bits per heavy atom. The lowest BCUT2D eigenvalue weighted by Crippen LogP contribution is -2.54. The van der Waals surface area contributed by atoms with Gasteiger partial charge in [-0.1, -0.05) is 29.8 Å². The number of amides is 2. The van der Waals surface area contributed by atoms with Crippen molar-refractivity contribution in [2.24, 2.45) is 0 Å². The van der Waals surface area contributed by atoms with Gasteiger partial charge >= 0.3 is 0 Å². The van der Waals surface area contributed by atoms with E-state index in [1.54, 1.807) is 18.2 Å². The molecule has 4 aromatic rings. The van der Waals surface area contributed by atoms with Gasteiger partial charge in [-0.15, -0.1) is 0 Å². The van der Waals surface area contributed by atoms with Crippen LogP contribution in [0.2, 0.25) is 5.02 Å². The summed E-state index contributed by atoms with van der Waals surface area (Å²) >= 11 is 6.55. The van der Waals surface area contributed by atoms with Crippen LogP contribution in [0.3, 0.4) is 0 Å². The highest BCUT2D eigenvalue weighted by atomic mass is 35.5. The summed E-state index contributed by atoms with van der Waals surface area (Å²) in [5, 5.41) is 28.4. The zero-order valence-corrected chi connectivity index (χ0v) is 24.5. The van der Waals surface area contributed by atoms with Gasteiger partial charge in [0, 0.05) is 72.3 Å². The number of rotatable bonds is 9. The number of hydrogen-bond acceptors (Lipinski definition) is 7. The second-order valence-corrected chi connectivity index (χ2v) is 11.7. The van der Waals surface area contributed by atoms with E-state index in [-0.39, 0.29) is 23.5 Å². The van der Waals surface area contributed by atoms with E-state index in [9.17, 15) is 19.8 Å². The molecule has 0 bridgehead atoms. The molecular formula is C32H35ClN4O5. The lowest BCUT2D eigenvalue weighted by atomic mass is 9.93. The summed E-state index contributed by atoms with van der Waals surface area (Å²) in [5.41, 5.74) is 3.15. The molecule has 0 aliphatic carbocycles. The maximum Gasteiger partial charge on any atom is 0.259 e. The molecule has 6 rings (SSSR count). The van der Waals surface area contributed by atoms with Gasteiger partial charge in [-0.2, -0.15) is 0 Å². The van der Waals surface area contributed by atoms with Crippen molar-refractivity contribution < 1.29 is 24.5 Å². The molecule has 220 valence electrons. The van der Waals surface area contributed by atoms with Crippen molar-refractivity contribution in [3.8, 4) is 22.6 Å². The molecule has 2 atom stereocenters. The molecule has 1 saturated heterocycles. The summed E-state index contributed by atoms with van der Waals surface area (Å²) in [6.07, 6.45) is 1.28. The highest BCUT2D eigenvalue weighted by Crippen LogP contribution is 2.44. The maximum absolute atomic E-state index is 13.2. The predicted octanol–water partition coefficient (Wildman–Crippen LogP) is 4.54. The minimum atomic E-state index is -0.494. The average Bonchev–Trinajstić information content (AvgIpc) is 3.41. The summed E-state index contributed by atoms with van der Waals surface area (Å²) in [5.74, 6) is -0.671. The van der Waals surface area contributed by atoms with Crippen LogP contribution < -0.4 is 15.4 Å². The maximum atomic E-state index is 13.2. The fourth-order valence-electron chi connectivity index (χ4n) is 6.53. The highest BCUT2D eigenvalue weighted by molar-refractivity contribution is 6.36. The van der Waals surface area contributed by atoms with Gasteiger partial charge in [0.25, 0.3) is 11.8 Å². The van der Waals surface area contributed by atoms with Crippen molar-refractivity contribution in [2.45, 2.75) is 45.3 Å². The number of phenols is 1. The van der Waals surface area contributed by atoms with Crippen LogP contribution in [-0.2, 0) is 6.54 Å². The number of imide groups is 1. The molecule has 2 aliphatic rings. The van der Waals surface area contributed by atoms with Crippen LogP contribution in [0.1, 0.15) is 47.4 Å². The quantitative estimate of drug-likeness (QED) is 0.167. The van der Waals surface area contributed by atoms with Crippen LogP contribution in [0.4, 0.5) is 0 Å². The van der Waals surface area contributed by atoms with E-state index in [4.69, 9.17) is 16.3 Å². The molecule has 2 aliphatic heterocycles. The molecule has 1 fully saturated rings. The molecule has 10 heteroatoms. The van der Waals surface area contributed by atoms with E-state index in [0.29, 0.717) is 69.8 Å². The molecule has 2 amide bonds. The van der Waals surface area contributed by atoms with Gasteiger partial charge in [-0.3, -0.25) is 14.9 Å². The number of hydrogen-bond donors (Lipinski definition) is 4. The Morgan fingerprint density at radius 3 is 2.43 bits per heavy atom. The number of ether oxygens (including phenoxy) is 1. The molecule has 9 nitrogen and oxygen atoms in total. The smallest absolute Gasteiger partial charge is 0.259 e. The number of nitrogens with zero attached hydrogens (tertiary/aromatic N) is 2. The minimum absolute atomic E-state index is 0.0207. The van der Waals surface area contributed by atoms with E-state index in [2.05, 4.69) is 29.4 Å². The SMILES string of the molecule is CC1CN(CCCOc2cc3c(cc2O)c2c4c(c(-c5ccccc5Cl)cc2n3CCCO)C(=O)NC4=O)CC(C)N1. The van der Waals surface area contributed by atoms with Crippen LogP contribution in [-0.4, -0.2) is 76.4 Å². The van der Waals surface area contributed by atoms with Crippen LogP contribution in [0.25, 0.3) is 32.9 Å². The molecule has 0 saturated carbocycles. The number of carbonyl (C=O) groups excluding carboxylic acids is 2.